The Morgan fingerprint density at radius 1 is 0.667 bits per heavy atom. The Bertz CT molecular complexity index is 2470. The van der Waals surface area contributed by atoms with E-state index in [1.165, 1.54) is 26.4 Å². The van der Waals surface area contributed by atoms with Crippen molar-refractivity contribution < 1.29 is 41.8 Å². The number of carbonyl (C=O) groups excluding carboxylic acids is 4. The molecule has 2 aromatic heterocycles. The summed E-state index contributed by atoms with van der Waals surface area (Å²) in [5.41, 5.74) is 5.11. The molecule has 4 heterocycles. The van der Waals surface area contributed by atoms with Gasteiger partial charge in [0.05, 0.1) is 55.6 Å². The average molecular weight is 911 g/mol. The van der Waals surface area contributed by atoms with E-state index in [0.717, 1.165) is 70.6 Å². The number of ether oxygens (including phenoxy) is 2. The number of nitrogens with one attached hydrogen (secondary N) is 4. The van der Waals surface area contributed by atoms with Crippen molar-refractivity contribution in [2.75, 3.05) is 27.3 Å². The Kier molecular flexibility index (Phi) is 14.5. The number of methoxy groups -OCH3 is 2. The van der Waals surface area contributed by atoms with Gasteiger partial charge in [0.1, 0.15) is 23.7 Å². The molecule has 0 bridgehead atoms. The molecule has 4 amide bonds. The lowest BCUT2D eigenvalue weighted by Crippen LogP contribution is -2.51. The molecule has 4 N–H and O–H groups in total. The first-order valence-electron chi connectivity index (χ1n) is 22.3. The molecule has 66 heavy (non-hydrogen) atoms. The number of alkyl halides is 3. The highest BCUT2D eigenvalue weighted by molar-refractivity contribution is 5.87. The summed E-state index contributed by atoms with van der Waals surface area (Å²) in [6, 6.07) is 19.0. The second-order valence-corrected chi connectivity index (χ2v) is 17.7. The molecule has 2 aliphatic heterocycles. The zero-order valence-corrected chi connectivity index (χ0v) is 37.9. The predicted octanol–water partition coefficient (Wildman–Crippen LogP) is 8.95. The summed E-state index contributed by atoms with van der Waals surface area (Å²) >= 11 is 0. The van der Waals surface area contributed by atoms with Crippen LogP contribution in [0.25, 0.3) is 22.5 Å². The van der Waals surface area contributed by atoms with Crippen LogP contribution in [0.1, 0.15) is 105 Å². The van der Waals surface area contributed by atoms with Crippen LogP contribution >= 0.6 is 0 Å². The highest BCUT2D eigenvalue weighted by atomic mass is 19.4. The van der Waals surface area contributed by atoms with E-state index in [1.54, 1.807) is 22.2 Å². The maximum absolute atomic E-state index is 13.7. The lowest BCUT2D eigenvalue weighted by molar-refractivity contribution is -0.138. The molecule has 0 spiro atoms. The van der Waals surface area contributed by atoms with Gasteiger partial charge in [0, 0.05) is 19.0 Å². The monoisotopic (exact) mass is 910 g/mol. The number of hydrogen-bond donors (Lipinski definition) is 4. The van der Waals surface area contributed by atoms with Crippen molar-refractivity contribution in [3.05, 3.63) is 119 Å². The van der Waals surface area contributed by atoms with Gasteiger partial charge in [-0.1, -0.05) is 88.4 Å². The minimum Gasteiger partial charge on any atom is -0.453 e. The number of alkyl carbamates (subject to hydrolysis) is 2. The van der Waals surface area contributed by atoms with E-state index in [4.69, 9.17) is 9.47 Å². The highest BCUT2D eigenvalue weighted by Gasteiger charge is 2.39. The fourth-order valence-electron chi connectivity index (χ4n) is 8.97. The van der Waals surface area contributed by atoms with Crippen LogP contribution < -0.4 is 10.6 Å². The molecule has 5 aromatic rings. The summed E-state index contributed by atoms with van der Waals surface area (Å²) in [6.07, 6.45) is 1.16. The van der Waals surface area contributed by atoms with E-state index in [0.29, 0.717) is 37.6 Å². The third kappa shape index (κ3) is 10.6. The van der Waals surface area contributed by atoms with Gasteiger partial charge in [0.25, 0.3) is 0 Å². The molecule has 2 aliphatic rings. The number of carbonyl (C=O) groups is 4. The van der Waals surface area contributed by atoms with Crippen LogP contribution in [0, 0.1) is 11.8 Å². The first-order chi connectivity index (χ1) is 31.6. The van der Waals surface area contributed by atoms with E-state index in [9.17, 15) is 32.3 Å². The molecular formula is C49H57F3N8O6. The molecule has 0 radical (unpaired) electrons. The number of aromatic nitrogens is 4. The Hall–Kier alpha value is -6.65. The van der Waals surface area contributed by atoms with Gasteiger partial charge in [-0.15, -0.1) is 0 Å². The number of benzene rings is 3. The lowest BCUT2D eigenvalue weighted by atomic mass is 9.85. The van der Waals surface area contributed by atoms with Crippen molar-refractivity contribution in [1.29, 1.82) is 0 Å². The van der Waals surface area contributed by atoms with Crippen molar-refractivity contribution in [3.63, 3.8) is 0 Å². The number of nitrogens with zero attached hydrogens (tertiary/aromatic N) is 4. The van der Waals surface area contributed by atoms with Crippen LogP contribution in [0.5, 0.6) is 0 Å². The van der Waals surface area contributed by atoms with Crippen LogP contribution in [0.4, 0.5) is 22.8 Å². The molecule has 0 aliphatic carbocycles. The van der Waals surface area contributed by atoms with Crippen LogP contribution in [-0.2, 0) is 31.7 Å². The normalized spacial score (nSPS) is 17.7. The standard InChI is InChI=1S/C49H57F3N8O6/c1-28(2)41(57-47(63)65-5)45(61)59-23-7-9-39(59)43-53-26-37(55-43)33-13-11-30(12-14-33)25-36(32-19-21-35(22-20-32)49(50,51)52)31-15-17-34(18-16-31)38-27-54-44(56-38)40-10-8-24-60(40)46(62)42(29(3)4)58-48(64)66-6/h11-22,26-29,36,39-42H,7-10,23-25H2,1-6H3,(H,53,55)(H,54,56)(H,57,63)(H,58,64)/t36?,39-,40-,41-,42-/m0/s1. The summed E-state index contributed by atoms with van der Waals surface area (Å²) in [6.45, 7) is 8.53. The van der Waals surface area contributed by atoms with Crippen molar-refractivity contribution >= 4 is 24.0 Å². The minimum atomic E-state index is -4.47. The van der Waals surface area contributed by atoms with Crippen LogP contribution in [0.15, 0.2) is 85.2 Å². The second-order valence-electron chi connectivity index (χ2n) is 17.7. The Balaban J connectivity index is 1.08. The molecular weight excluding hydrogens is 854 g/mol. The van der Waals surface area contributed by atoms with Crippen molar-refractivity contribution in [2.24, 2.45) is 11.8 Å². The summed E-state index contributed by atoms with van der Waals surface area (Å²) < 4.78 is 50.4. The van der Waals surface area contributed by atoms with E-state index >= 15 is 0 Å². The van der Waals surface area contributed by atoms with E-state index in [-0.39, 0.29) is 41.7 Å². The Labute approximate surface area is 382 Å². The molecule has 2 fully saturated rings. The third-order valence-corrected chi connectivity index (χ3v) is 12.6. The average Bonchev–Trinajstić information content (AvgIpc) is 4.16. The Morgan fingerprint density at radius 3 is 1.47 bits per heavy atom. The fraction of sp³-hybridized carbons (Fsp3) is 0.429. The van der Waals surface area contributed by atoms with Gasteiger partial charge in [-0.2, -0.15) is 13.2 Å². The van der Waals surface area contributed by atoms with Crippen molar-refractivity contribution in [1.82, 2.24) is 40.4 Å². The number of H-pyrrole nitrogens is 2. The van der Waals surface area contributed by atoms with Gasteiger partial charge < -0.3 is 39.9 Å². The molecule has 0 saturated carbocycles. The fourth-order valence-corrected chi connectivity index (χ4v) is 8.97. The van der Waals surface area contributed by atoms with E-state index in [2.05, 4.69) is 30.6 Å². The summed E-state index contributed by atoms with van der Waals surface area (Å²) in [4.78, 5) is 71.0. The van der Waals surface area contributed by atoms with Crippen LogP contribution in [0.2, 0.25) is 0 Å². The third-order valence-electron chi connectivity index (χ3n) is 12.6. The number of rotatable bonds is 14. The van der Waals surface area contributed by atoms with Gasteiger partial charge in [0.2, 0.25) is 11.8 Å². The first-order valence-corrected chi connectivity index (χ1v) is 22.3. The molecule has 14 nitrogen and oxygen atoms in total. The zero-order chi connectivity index (χ0) is 47.3. The van der Waals surface area contributed by atoms with Gasteiger partial charge in [0.15, 0.2) is 0 Å². The number of imidazole rings is 2. The quantitative estimate of drug-likeness (QED) is 0.0855. The topological polar surface area (TPSA) is 175 Å². The largest absolute Gasteiger partial charge is 0.453 e. The number of hydrogen-bond acceptors (Lipinski definition) is 8. The molecule has 17 heteroatoms. The molecule has 7 rings (SSSR count). The van der Waals surface area contributed by atoms with E-state index in [1.807, 2.05) is 76.2 Å². The molecule has 5 atom stereocenters. The molecule has 2 saturated heterocycles. The van der Waals surface area contributed by atoms with Crippen LogP contribution in [-0.4, -0.2) is 93.1 Å². The smallest absolute Gasteiger partial charge is 0.416 e. The molecule has 3 aromatic carbocycles. The van der Waals surface area contributed by atoms with Gasteiger partial charge in [-0.25, -0.2) is 19.6 Å². The number of aromatic amines is 2. The summed E-state index contributed by atoms with van der Waals surface area (Å²) in [5, 5.41) is 5.34. The second kappa shape index (κ2) is 20.3. The van der Waals surface area contributed by atoms with Gasteiger partial charge >= 0.3 is 18.4 Å². The number of amides is 4. The SMILES string of the molecule is COC(=O)N[C@H](C(=O)N1CCC[C@H]1c1ncc(-c2ccc(CC(c3ccc(-c4cnc([C@@H]5CCCN5C(=O)[C@@H](NC(=O)OC)C(C)C)[nH]4)cc3)c3ccc(C(F)(F)F)cc3)cc2)[nH]1)C(C)C. The molecule has 350 valence electrons. The predicted molar refractivity (Wildman–Crippen MR) is 241 cm³/mol. The van der Waals surface area contributed by atoms with Gasteiger partial charge in [-0.3, -0.25) is 9.59 Å². The van der Waals surface area contributed by atoms with Crippen molar-refractivity contribution in [2.45, 2.75) is 96.1 Å². The summed E-state index contributed by atoms with van der Waals surface area (Å²) in [5.74, 6) is 0.286. The van der Waals surface area contributed by atoms with Crippen LogP contribution in [0.3, 0.4) is 0 Å². The van der Waals surface area contributed by atoms with Gasteiger partial charge in [-0.05, 0) is 83.9 Å². The minimum absolute atomic E-state index is 0.157. The van der Waals surface area contributed by atoms with Crippen molar-refractivity contribution in [3.8, 4) is 22.5 Å². The highest BCUT2D eigenvalue weighted by Crippen LogP contribution is 2.37. The Morgan fingerprint density at radius 2 is 1.08 bits per heavy atom. The molecule has 1 unspecified atom stereocenters. The number of halogens is 3. The maximum atomic E-state index is 13.7. The zero-order valence-electron chi connectivity index (χ0n) is 37.9. The number of likely N-dealkylation sites (tertiary alicyclic amines) is 2. The lowest BCUT2D eigenvalue weighted by Gasteiger charge is -2.30. The first kappa shape index (κ1) is 47.3. The van der Waals surface area contributed by atoms with E-state index < -0.39 is 36.0 Å². The summed E-state index contributed by atoms with van der Waals surface area (Å²) in [7, 11) is 2.52. The maximum Gasteiger partial charge on any atom is 0.416 e.